The average Bonchev–Trinajstić information content (AvgIpc) is 3.79. The molecule has 0 unspecified atom stereocenters. The Hall–Kier alpha value is -6.55. The minimum absolute atomic E-state index is 0.892. The molecule has 11 aromatic rings. The standard InChI is InChI=1S/C49H29NOS/c1-3-13-30(14-4-1)32-27-33(35-19-12-23-42-45(35)37-17-7-9-22-41(37)51-42)29-34(28-32)36-20-11-21-39-46-40(48(50-49(36)39)31-15-5-2-6-16-31)25-26-44-47(46)38-18-8-10-24-43(38)52-44/h1-29H. The number of furan rings is 1. The summed E-state index contributed by atoms with van der Waals surface area (Å²) >= 11 is 1.86. The van der Waals surface area contributed by atoms with E-state index in [0.717, 1.165) is 71.9 Å². The predicted octanol–water partition coefficient (Wildman–Crippen LogP) is 14.3. The van der Waals surface area contributed by atoms with E-state index in [4.69, 9.17) is 9.40 Å². The van der Waals surface area contributed by atoms with Gasteiger partial charge < -0.3 is 4.42 Å². The number of thiophene rings is 1. The Morgan fingerprint density at radius 1 is 0.365 bits per heavy atom. The molecule has 52 heavy (non-hydrogen) atoms. The van der Waals surface area contributed by atoms with Gasteiger partial charge in [-0.1, -0.05) is 133 Å². The summed E-state index contributed by atoms with van der Waals surface area (Å²) in [6.45, 7) is 0. The molecule has 0 fully saturated rings. The molecule has 3 heterocycles. The highest BCUT2D eigenvalue weighted by Crippen LogP contribution is 2.46. The highest BCUT2D eigenvalue weighted by molar-refractivity contribution is 7.26. The van der Waals surface area contributed by atoms with Gasteiger partial charge in [-0.25, -0.2) is 4.98 Å². The summed E-state index contributed by atoms with van der Waals surface area (Å²) in [5.41, 5.74) is 11.8. The minimum Gasteiger partial charge on any atom is -0.456 e. The number of para-hydroxylation sites is 2. The van der Waals surface area contributed by atoms with E-state index < -0.39 is 0 Å². The second kappa shape index (κ2) is 11.5. The first-order valence-electron chi connectivity index (χ1n) is 17.6. The van der Waals surface area contributed by atoms with Gasteiger partial charge in [0.1, 0.15) is 11.2 Å². The lowest BCUT2D eigenvalue weighted by molar-refractivity contribution is 0.669. The summed E-state index contributed by atoms with van der Waals surface area (Å²) in [5.74, 6) is 0. The predicted molar refractivity (Wildman–Crippen MR) is 221 cm³/mol. The van der Waals surface area contributed by atoms with Crippen LogP contribution in [0, 0.1) is 0 Å². The maximum Gasteiger partial charge on any atom is 0.136 e. The van der Waals surface area contributed by atoms with Crippen LogP contribution in [0.1, 0.15) is 0 Å². The number of aromatic nitrogens is 1. The monoisotopic (exact) mass is 679 g/mol. The van der Waals surface area contributed by atoms with Crippen molar-refractivity contribution in [2.24, 2.45) is 0 Å². The van der Waals surface area contributed by atoms with E-state index in [2.05, 4.69) is 170 Å². The Bertz CT molecular complexity index is 3170. The smallest absolute Gasteiger partial charge is 0.136 e. The summed E-state index contributed by atoms with van der Waals surface area (Å²) in [6.07, 6.45) is 0. The molecule has 0 aliphatic heterocycles. The number of benzene rings is 8. The number of fused-ring (bicyclic) bond motifs is 10. The number of nitrogens with zero attached hydrogens (tertiary/aromatic N) is 1. The van der Waals surface area contributed by atoms with Crippen molar-refractivity contribution in [3.05, 3.63) is 176 Å². The Morgan fingerprint density at radius 3 is 1.85 bits per heavy atom. The van der Waals surface area contributed by atoms with Gasteiger partial charge in [0.25, 0.3) is 0 Å². The molecule has 3 heteroatoms. The Labute approximate surface area is 303 Å². The van der Waals surface area contributed by atoms with Gasteiger partial charge in [0.2, 0.25) is 0 Å². The van der Waals surface area contributed by atoms with Crippen molar-refractivity contribution < 1.29 is 4.42 Å². The quantitative estimate of drug-likeness (QED) is 0.173. The van der Waals surface area contributed by atoms with E-state index in [1.165, 1.54) is 36.5 Å². The molecule has 0 atom stereocenters. The Balaban J connectivity index is 1.26. The van der Waals surface area contributed by atoms with E-state index in [-0.39, 0.29) is 0 Å². The summed E-state index contributed by atoms with van der Waals surface area (Å²) < 4.78 is 8.94. The number of hydrogen-bond acceptors (Lipinski definition) is 3. The van der Waals surface area contributed by atoms with Gasteiger partial charge >= 0.3 is 0 Å². The summed E-state index contributed by atoms with van der Waals surface area (Å²) in [7, 11) is 0. The molecule has 0 amide bonds. The van der Waals surface area contributed by atoms with Crippen LogP contribution in [0.4, 0.5) is 0 Å². The van der Waals surface area contributed by atoms with Crippen LogP contribution in [-0.4, -0.2) is 4.98 Å². The molecule has 11 rings (SSSR count). The van der Waals surface area contributed by atoms with Crippen molar-refractivity contribution in [3.8, 4) is 44.6 Å². The normalized spacial score (nSPS) is 11.8. The van der Waals surface area contributed by atoms with Crippen molar-refractivity contribution in [3.63, 3.8) is 0 Å². The van der Waals surface area contributed by atoms with Crippen LogP contribution in [0.25, 0.3) is 108 Å². The molecule has 8 aromatic carbocycles. The van der Waals surface area contributed by atoms with Crippen LogP contribution in [-0.2, 0) is 0 Å². The summed E-state index contributed by atoms with van der Waals surface area (Å²) in [5, 5.41) is 8.44. The second-order valence-corrected chi connectivity index (χ2v) is 14.5. The Kier molecular flexibility index (Phi) is 6.46. The molecule has 0 radical (unpaired) electrons. The third kappa shape index (κ3) is 4.46. The first-order valence-corrected chi connectivity index (χ1v) is 18.4. The molecule has 0 saturated heterocycles. The molecule has 0 saturated carbocycles. The second-order valence-electron chi connectivity index (χ2n) is 13.4. The molecular weight excluding hydrogens is 651 g/mol. The SMILES string of the molecule is c1ccc(-c2cc(-c3cccc4c3nc(-c3ccccc3)c3ccc5sc6ccccc6c5c34)cc(-c3cccc4oc5ccccc5c34)c2)cc1. The zero-order chi connectivity index (χ0) is 34.2. The van der Waals surface area contributed by atoms with Crippen molar-refractivity contribution in [2.45, 2.75) is 0 Å². The van der Waals surface area contributed by atoms with Gasteiger partial charge in [-0.2, -0.15) is 0 Å². The van der Waals surface area contributed by atoms with Crippen molar-refractivity contribution in [1.82, 2.24) is 4.98 Å². The molecule has 0 bridgehead atoms. The molecule has 3 aromatic heterocycles. The van der Waals surface area contributed by atoms with E-state index in [9.17, 15) is 0 Å². The highest BCUT2D eigenvalue weighted by atomic mass is 32.1. The zero-order valence-electron chi connectivity index (χ0n) is 28.0. The van der Waals surface area contributed by atoms with Crippen LogP contribution < -0.4 is 0 Å². The third-order valence-corrected chi connectivity index (χ3v) is 11.6. The Morgan fingerprint density at radius 2 is 1.00 bits per heavy atom. The molecule has 0 aliphatic carbocycles. The van der Waals surface area contributed by atoms with E-state index in [1.807, 2.05) is 17.4 Å². The van der Waals surface area contributed by atoms with Crippen LogP contribution in [0.5, 0.6) is 0 Å². The molecule has 0 N–H and O–H groups in total. The largest absolute Gasteiger partial charge is 0.456 e. The maximum absolute atomic E-state index is 6.35. The minimum atomic E-state index is 0.892. The van der Waals surface area contributed by atoms with E-state index in [0.29, 0.717) is 0 Å². The van der Waals surface area contributed by atoms with Crippen molar-refractivity contribution >= 4 is 75.1 Å². The van der Waals surface area contributed by atoms with Crippen LogP contribution in [0.2, 0.25) is 0 Å². The van der Waals surface area contributed by atoms with Crippen LogP contribution in [0.15, 0.2) is 180 Å². The molecule has 0 aliphatic rings. The molecular formula is C49H29NOS. The maximum atomic E-state index is 6.35. The van der Waals surface area contributed by atoms with E-state index >= 15 is 0 Å². The highest BCUT2D eigenvalue weighted by Gasteiger charge is 2.20. The fourth-order valence-electron chi connectivity index (χ4n) is 8.13. The summed E-state index contributed by atoms with van der Waals surface area (Å²) in [4.78, 5) is 5.60. The van der Waals surface area contributed by atoms with Crippen molar-refractivity contribution in [2.75, 3.05) is 0 Å². The number of hydrogen-bond donors (Lipinski definition) is 0. The first-order chi connectivity index (χ1) is 25.8. The fraction of sp³-hybridized carbons (Fsp3) is 0. The van der Waals surface area contributed by atoms with Gasteiger partial charge in [0.05, 0.1) is 11.2 Å². The van der Waals surface area contributed by atoms with Gasteiger partial charge in [-0.05, 0) is 70.3 Å². The van der Waals surface area contributed by atoms with Crippen LogP contribution in [0.3, 0.4) is 0 Å². The number of pyridine rings is 1. The first kappa shape index (κ1) is 29.2. The van der Waals surface area contributed by atoms with Gasteiger partial charge in [-0.3, -0.25) is 0 Å². The fourth-order valence-corrected chi connectivity index (χ4v) is 9.25. The van der Waals surface area contributed by atoms with Gasteiger partial charge in [0, 0.05) is 58.2 Å². The van der Waals surface area contributed by atoms with E-state index in [1.54, 1.807) is 0 Å². The lowest BCUT2D eigenvalue weighted by atomic mass is 9.89. The summed E-state index contributed by atoms with van der Waals surface area (Å²) in [6, 6.07) is 63.1. The molecule has 0 spiro atoms. The number of rotatable bonds is 4. The topological polar surface area (TPSA) is 26.0 Å². The van der Waals surface area contributed by atoms with Crippen molar-refractivity contribution in [1.29, 1.82) is 0 Å². The lowest BCUT2D eigenvalue weighted by Gasteiger charge is -2.16. The third-order valence-electron chi connectivity index (χ3n) is 10.4. The average molecular weight is 680 g/mol. The lowest BCUT2D eigenvalue weighted by Crippen LogP contribution is -1.93. The molecule has 2 nitrogen and oxygen atoms in total. The van der Waals surface area contributed by atoms with Crippen LogP contribution >= 0.6 is 11.3 Å². The van der Waals surface area contributed by atoms with Gasteiger partial charge in [-0.15, -0.1) is 11.3 Å². The van der Waals surface area contributed by atoms with Gasteiger partial charge in [0.15, 0.2) is 0 Å². The zero-order valence-corrected chi connectivity index (χ0v) is 28.8. The molecule has 242 valence electrons.